The highest BCUT2D eigenvalue weighted by atomic mass is 16.6. The van der Waals surface area contributed by atoms with Gasteiger partial charge in [0.05, 0.1) is 0 Å². The van der Waals surface area contributed by atoms with Crippen LogP contribution in [0.4, 0.5) is 0 Å². The number of allylic oxidation sites excluding steroid dienone is 16. The third-order valence-corrected chi connectivity index (χ3v) is 13.1. The van der Waals surface area contributed by atoms with Crippen LogP contribution in [-0.2, 0) is 28.6 Å². The second-order valence-corrected chi connectivity index (χ2v) is 20.2. The molecule has 0 spiro atoms. The molecule has 0 heterocycles. The van der Waals surface area contributed by atoms with Crippen molar-refractivity contribution < 1.29 is 28.6 Å². The minimum absolute atomic E-state index is 0.0818. The molecule has 0 aromatic heterocycles. The maximum Gasteiger partial charge on any atom is 0.306 e. The van der Waals surface area contributed by atoms with Gasteiger partial charge in [0.25, 0.3) is 0 Å². The van der Waals surface area contributed by atoms with E-state index in [2.05, 4.69) is 118 Å². The molecule has 0 amide bonds. The van der Waals surface area contributed by atoms with E-state index in [1.54, 1.807) is 0 Å². The van der Waals surface area contributed by atoms with Gasteiger partial charge < -0.3 is 14.2 Å². The molecule has 0 aromatic rings. The van der Waals surface area contributed by atoms with Crippen molar-refractivity contribution in [3.63, 3.8) is 0 Å². The molecule has 0 bridgehead atoms. The van der Waals surface area contributed by atoms with Crippen molar-refractivity contribution in [3.8, 4) is 0 Å². The van der Waals surface area contributed by atoms with E-state index in [0.717, 1.165) is 128 Å². The Kier molecular flexibility index (Phi) is 57.8. The molecule has 418 valence electrons. The van der Waals surface area contributed by atoms with Gasteiger partial charge in [0.1, 0.15) is 13.2 Å². The molecule has 0 aliphatic carbocycles. The molecule has 0 fully saturated rings. The summed E-state index contributed by atoms with van der Waals surface area (Å²) in [7, 11) is 0. The molecule has 73 heavy (non-hydrogen) atoms. The van der Waals surface area contributed by atoms with Gasteiger partial charge in [0.2, 0.25) is 0 Å². The van der Waals surface area contributed by atoms with Crippen molar-refractivity contribution >= 4 is 17.9 Å². The standard InChI is InChI=1S/C67H114O6/c1-4-7-10-13-16-19-22-24-26-27-28-29-30-31-32-33-34-35-36-37-38-39-41-42-45-48-51-54-57-60-66(69)72-63-64(62-71-65(68)59-56-53-50-47-44-21-18-15-12-9-6-3)73-67(70)61-58-55-52-49-46-43-40-25-23-20-17-14-11-8-5-2/h7-8,10-11,16-17,19-20,24-26,28-29,31-32,40,64H,4-6,9,12-15,18,21-23,27,30,33-39,41-63H2,1-3H3/b10-7-,11-8-,19-16-,20-17-,26-24-,29-28-,32-31-,40-25-. The average Bonchev–Trinajstić information content (AvgIpc) is 3.39. The van der Waals surface area contributed by atoms with Gasteiger partial charge in [-0.2, -0.15) is 0 Å². The minimum atomic E-state index is -0.785. The first-order valence-corrected chi connectivity index (χ1v) is 30.7. The Morgan fingerprint density at radius 3 is 0.836 bits per heavy atom. The van der Waals surface area contributed by atoms with Crippen LogP contribution in [0.3, 0.4) is 0 Å². The highest BCUT2D eigenvalue weighted by molar-refractivity contribution is 5.71. The van der Waals surface area contributed by atoms with Gasteiger partial charge in [0, 0.05) is 19.3 Å². The molecule has 1 atom stereocenters. The van der Waals surface area contributed by atoms with E-state index >= 15 is 0 Å². The molecule has 0 saturated heterocycles. The third-order valence-electron chi connectivity index (χ3n) is 13.1. The minimum Gasteiger partial charge on any atom is -0.462 e. The lowest BCUT2D eigenvalue weighted by Gasteiger charge is -2.18. The molecule has 1 unspecified atom stereocenters. The normalized spacial score (nSPS) is 12.8. The first-order chi connectivity index (χ1) is 36.0. The number of carbonyl (C=O) groups is 3. The first kappa shape index (κ1) is 69.3. The Labute approximate surface area is 451 Å². The molecule has 0 aromatic carbocycles. The maximum atomic E-state index is 12.8. The zero-order chi connectivity index (χ0) is 52.9. The largest absolute Gasteiger partial charge is 0.462 e. The lowest BCUT2D eigenvalue weighted by atomic mass is 10.0. The lowest BCUT2D eigenvalue weighted by Crippen LogP contribution is -2.30. The summed E-state index contributed by atoms with van der Waals surface area (Å²) in [4.78, 5) is 38.2. The van der Waals surface area contributed by atoms with Crippen LogP contribution < -0.4 is 0 Å². The summed E-state index contributed by atoms with van der Waals surface area (Å²) < 4.78 is 16.9. The molecular weight excluding hydrogens is 901 g/mol. The average molecular weight is 1020 g/mol. The Morgan fingerprint density at radius 2 is 0.534 bits per heavy atom. The fraction of sp³-hybridized carbons (Fsp3) is 0.716. The van der Waals surface area contributed by atoms with Crippen molar-refractivity contribution in [2.45, 2.75) is 297 Å². The quantitative estimate of drug-likeness (QED) is 0.0261. The number of unbranched alkanes of at least 4 members (excludes halogenated alkanes) is 28. The summed E-state index contributed by atoms with van der Waals surface area (Å²) in [5.41, 5.74) is 0. The molecule has 0 radical (unpaired) electrons. The predicted molar refractivity (Wildman–Crippen MR) is 316 cm³/mol. The highest BCUT2D eigenvalue weighted by Crippen LogP contribution is 2.16. The lowest BCUT2D eigenvalue weighted by molar-refractivity contribution is -0.167. The second-order valence-electron chi connectivity index (χ2n) is 20.2. The zero-order valence-electron chi connectivity index (χ0n) is 47.9. The van der Waals surface area contributed by atoms with E-state index in [-0.39, 0.29) is 31.1 Å². The van der Waals surface area contributed by atoms with Crippen LogP contribution in [0.15, 0.2) is 97.2 Å². The Hall–Kier alpha value is -3.67. The van der Waals surface area contributed by atoms with Crippen LogP contribution >= 0.6 is 0 Å². The van der Waals surface area contributed by atoms with E-state index < -0.39 is 6.10 Å². The van der Waals surface area contributed by atoms with E-state index in [0.29, 0.717) is 19.3 Å². The van der Waals surface area contributed by atoms with E-state index in [9.17, 15) is 14.4 Å². The SMILES string of the molecule is CC/C=C\C/C=C\C/C=C\C/C=C\C/C=C\CCCCCCCCCCCCCCCC(=O)OCC(COC(=O)CCCCCCCCCCCCC)OC(=O)CCCCCCC/C=C\C/C=C\C/C=C\CC. The Bertz CT molecular complexity index is 1440. The number of esters is 3. The highest BCUT2D eigenvalue weighted by Gasteiger charge is 2.19. The van der Waals surface area contributed by atoms with Gasteiger partial charge in [-0.25, -0.2) is 0 Å². The van der Waals surface area contributed by atoms with Crippen molar-refractivity contribution in [1.29, 1.82) is 0 Å². The summed E-state index contributed by atoms with van der Waals surface area (Å²) in [6.45, 7) is 6.41. The summed E-state index contributed by atoms with van der Waals surface area (Å²) in [6.07, 6.45) is 81.3. The molecule has 6 nitrogen and oxygen atoms in total. The van der Waals surface area contributed by atoms with Gasteiger partial charge in [-0.3, -0.25) is 14.4 Å². The molecule has 0 N–H and O–H groups in total. The number of hydrogen-bond acceptors (Lipinski definition) is 6. The monoisotopic (exact) mass is 1010 g/mol. The summed E-state index contributed by atoms with van der Waals surface area (Å²) >= 11 is 0. The third kappa shape index (κ3) is 59.1. The van der Waals surface area contributed by atoms with Crippen LogP contribution in [0, 0.1) is 0 Å². The molecule has 0 saturated carbocycles. The van der Waals surface area contributed by atoms with Crippen molar-refractivity contribution in [1.82, 2.24) is 0 Å². The maximum absolute atomic E-state index is 12.8. The molecule has 0 aliphatic heterocycles. The predicted octanol–water partition coefficient (Wildman–Crippen LogP) is 20.9. The van der Waals surface area contributed by atoms with Crippen LogP contribution in [0.2, 0.25) is 0 Å². The van der Waals surface area contributed by atoms with Gasteiger partial charge in [0.15, 0.2) is 6.10 Å². The van der Waals surface area contributed by atoms with Gasteiger partial charge >= 0.3 is 17.9 Å². The van der Waals surface area contributed by atoms with Crippen molar-refractivity contribution in [2.75, 3.05) is 13.2 Å². The van der Waals surface area contributed by atoms with Crippen molar-refractivity contribution in [2.24, 2.45) is 0 Å². The summed E-state index contributed by atoms with van der Waals surface area (Å²) in [6, 6.07) is 0. The van der Waals surface area contributed by atoms with Gasteiger partial charge in [-0.15, -0.1) is 0 Å². The Morgan fingerprint density at radius 1 is 0.288 bits per heavy atom. The number of hydrogen-bond donors (Lipinski definition) is 0. The molecular formula is C67H114O6. The van der Waals surface area contributed by atoms with Gasteiger partial charge in [-0.1, -0.05) is 272 Å². The molecule has 0 rings (SSSR count). The Balaban J connectivity index is 4.21. The molecule has 0 aliphatic rings. The number of ether oxygens (including phenoxy) is 3. The number of carbonyl (C=O) groups excluding carboxylic acids is 3. The summed E-state index contributed by atoms with van der Waals surface area (Å²) in [5.74, 6) is -0.894. The first-order valence-electron chi connectivity index (χ1n) is 30.7. The number of rotatable bonds is 55. The van der Waals surface area contributed by atoms with Crippen LogP contribution in [0.25, 0.3) is 0 Å². The van der Waals surface area contributed by atoms with Crippen LogP contribution in [-0.4, -0.2) is 37.2 Å². The van der Waals surface area contributed by atoms with Gasteiger partial charge in [-0.05, 0) is 96.3 Å². The zero-order valence-corrected chi connectivity index (χ0v) is 47.9. The second kappa shape index (κ2) is 60.9. The summed E-state index contributed by atoms with van der Waals surface area (Å²) in [5, 5.41) is 0. The van der Waals surface area contributed by atoms with Crippen LogP contribution in [0.1, 0.15) is 290 Å². The van der Waals surface area contributed by atoms with E-state index in [1.807, 2.05) is 0 Å². The fourth-order valence-corrected chi connectivity index (χ4v) is 8.54. The molecule has 6 heteroatoms. The van der Waals surface area contributed by atoms with E-state index in [4.69, 9.17) is 14.2 Å². The van der Waals surface area contributed by atoms with Crippen LogP contribution in [0.5, 0.6) is 0 Å². The topological polar surface area (TPSA) is 78.9 Å². The van der Waals surface area contributed by atoms with E-state index in [1.165, 1.54) is 122 Å². The smallest absolute Gasteiger partial charge is 0.306 e. The van der Waals surface area contributed by atoms with Crippen molar-refractivity contribution in [3.05, 3.63) is 97.2 Å². The fourth-order valence-electron chi connectivity index (χ4n) is 8.54.